The van der Waals surface area contributed by atoms with E-state index in [2.05, 4.69) is 9.97 Å². The van der Waals surface area contributed by atoms with Gasteiger partial charge >= 0.3 is 0 Å². The van der Waals surface area contributed by atoms with E-state index in [1.54, 1.807) is 24.7 Å². The lowest BCUT2D eigenvalue weighted by Gasteiger charge is -2.13. The summed E-state index contributed by atoms with van der Waals surface area (Å²) in [6, 6.07) is 17.0. The first kappa shape index (κ1) is 16.8. The summed E-state index contributed by atoms with van der Waals surface area (Å²) in [6.07, 6.45) is 5.36. The summed E-state index contributed by atoms with van der Waals surface area (Å²) in [5.41, 5.74) is 8.15. The fourth-order valence-corrected chi connectivity index (χ4v) is 2.97. The van der Waals surface area contributed by atoms with Crippen molar-refractivity contribution in [3.05, 3.63) is 78.9 Å². The fraction of sp³-hybridized carbons (Fsp3) is 0.0952. The van der Waals surface area contributed by atoms with E-state index in [1.807, 2.05) is 53.2 Å². The molecule has 0 aliphatic carbocycles. The number of para-hydroxylation sites is 1. The summed E-state index contributed by atoms with van der Waals surface area (Å²) in [5, 5.41) is 0.761. The largest absolute Gasteiger partial charge is 0.491 e. The molecule has 0 radical (unpaired) electrons. The van der Waals surface area contributed by atoms with Crippen LogP contribution in [0.1, 0.15) is 10.4 Å². The van der Waals surface area contributed by atoms with Crippen molar-refractivity contribution in [3.8, 4) is 17.0 Å². The predicted octanol–water partition coefficient (Wildman–Crippen LogP) is 3.28. The SMILES string of the molecule is NC(=O)c1cccc2c(OCCn3ccnc3)cc(-c3ccccc3)nc12. The molecule has 0 aliphatic rings. The standard InChI is InChI=1S/C21H18N4O2/c22-21(26)17-8-4-7-16-19(27-12-11-25-10-9-23-14-25)13-18(24-20(16)17)15-5-2-1-3-6-15/h1-10,13-14H,11-12H2,(H2,22,26). The summed E-state index contributed by atoms with van der Waals surface area (Å²) in [6.45, 7) is 1.13. The summed E-state index contributed by atoms with van der Waals surface area (Å²) in [4.78, 5) is 20.6. The van der Waals surface area contributed by atoms with E-state index in [-0.39, 0.29) is 0 Å². The Kier molecular flexibility index (Phi) is 4.53. The number of hydrogen-bond acceptors (Lipinski definition) is 4. The van der Waals surface area contributed by atoms with Crippen LogP contribution in [0.3, 0.4) is 0 Å². The highest BCUT2D eigenvalue weighted by Crippen LogP contribution is 2.31. The van der Waals surface area contributed by atoms with Crippen LogP contribution in [0.5, 0.6) is 5.75 Å². The van der Waals surface area contributed by atoms with Gasteiger partial charge in [-0.1, -0.05) is 36.4 Å². The molecule has 0 unspecified atom stereocenters. The molecule has 4 aromatic rings. The first-order chi connectivity index (χ1) is 13.2. The maximum atomic E-state index is 11.9. The smallest absolute Gasteiger partial charge is 0.250 e. The number of fused-ring (bicyclic) bond motifs is 1. The molecule has 0 saturated heterocycles. The molecule has 1 amide bonds. The molecule has 0 aliphatic heterocycles. The highest BCUT2D eigenvalue weighted by atomic mass is 16.5. The number of nitrogens with two attached hydrogens (primary N) is 1. The molecular weight excluding hydrogens is 340 g/mol. The van der Waals surface area contributed by atoms with Crippen molar-refractivity contribution in [3.63, 3.8) is 0 Å². The third-order valence-corrected chi connectivity index (χ3v) is 4.30. The average Bonchev–Trinajstić information content (AvgIpc) is 3.21. The predicted molar refractivity (Wildman–Crippen MR) is 103 cm³/mol. The Bertz CT molecular complexity index is 1080. The van der Waals surface area contributed by atoms with Gasteiger partial charge in [0.05, 0.1) is 29.6 Å². The second kappa shape index (κ2) is 7.29. The fourth-order valence-electron chi connectivity index (χ4n) is 2.97. The lowest BCUT2D eigenvalue weighted by molar-refractivity contribution is 0.100. The number of carbonyl (C=O) groups is 1. The van der Waals surface area contributed by atoms with Gasteiger partial charge in [-0.25, -0.2) is 9.97 Å². The van der Waals surface area contributed by atoms with Crippen LogP contribution in [0.15, 0.2) is 73.3 Å². The van der Waals surface area contributed by atoms with Gasteiger partial charge in [-0.05, 0) is 12.1 Å². The van der Waals surface area contributed by atoms with Crippen molar-refractivity contribution in [1.82, 2.24) is 14.5 Å². The van der Waals surface area contributed by atoms with Crippen LogP contribution in [0.25, 0.3) is 22.2 Å². The summed E-state index contributed by atoms with van der Waals surface area (Å²) < 4.78 is 7.99. The molecular formula is C21H18N4O2. The third kappa shape index (κ3) is 3.50. The van der Waals surface area contributed by atoms with Crippen molar-refractivity contribution in [2.75, 3.05) is 6.61 Å². The number of primary amides is 1. The molecule has 2 heterocycles. The molecule has 0 fully saturated rings. The summed E-state index contributed by atoms with van der Waals surface area (Å²) >= 11 is 0. The second-order valence-electron chi connectivity index (χ2n) is 6.09. The van der Waals surface area contributed by atoms with E-state index in [0.29, 0.717) is 30.0 Å². The molecule has 27 heavy (non-hydrogen) atoms. The third-order valence-electron chi connectivity index (χ3n) is 4.30. The van der Waals surface area contributed by atoms with Gasteiger partial charge in [0, 0.05) is 29.4 Å². The van der Waals surface area contributed by atoms with Crippen LogP contribution in [-0.2, 0) is 6.54 Å². The zero-order valence-corrected chi connectivity index (χ0v) is 14.6. The molecule has 6 nitrogen and oxygen atoms in total. The first-order valence-electron chi connectivity index (χ1n) is 8.60. The number of imidazole rings is 1. The van der Waals surface area contributed by atoms with Crippen molar-refractivity contribution >= 4 is 16.8 Å². The average molecular weight is 358 g/mol. The van der Waals surface area contributed by atoms with E-state index in [9.17, 15) is 4.79 Å². The lowest BCUT2D eigenvalue weighted by Crippen LogP contribution is -2.12. The zero-order chi connectivity index (χ0) is 18.6. The number of rotatable bonds is 6. The molecule has 2 N–H and O–H groups in total. The van der Waals surface area contributed by atoms with Crippen LogP contribution in [0.4, 0.5) is 0 Å². The molecule has 2 aromatic heterocycles. The van der Waals surface area contributed by atoms with Crippen LogP contribution in [-0.4, -0.2) is 27.0 Å². The monoisotopic (exact) mass is 358 g/mol. The second-order valence-corrected chi connectivity index (χ2v) is 6.09. The Morgan fingerprint density at radius 1 is 1.11 bits per heavy atom. The van der Waals surface area contributed by atoms with Crippen molar-refractivity contribution in [1.29, 1.82) is 0 Å². The van der Waals surface area contributed by atoms with Gasteiger partial charge in [0.25, 0.3) is 5.91 Å². The minimum atomic E-state index is -0.511. The van der Waals surface area contributed by atoms with Gasteiger partial charge < -0.3 is 15.0 Å². The molecule has 134 valence electrons. The number of amides is 1. The van der Waals surface area contributed by atoms with Crippen LogP contribution < -0.4 is 10.5 Å². The van der Waals surface area contributed by atoms with E-state index in [0.717, 1.165) is 16.6 Å². The highest BCUT2D eigenvalue weighted by Gasteiger charge is 2.14. The topological polar surface area (TPSA) is 83.0 Å². The van der Waals surface area contributed by atoms with Gasteiger partial charge in [-0.15, -0.1) is 0 Å². The Hall–Kier alpha value is -3.67. The number of ether oxygens (including phenoxy) is 1. The molecule has 6 heteroatoms. The number of carbonyl (C=O) groups excluding carboxylic acids is 1. The minimum absolute atomic E-state index is 0.379. The Balaban J connectivity index is 1.77. The Labute approximate surface area is 156 Å². The van der Waals surface area contributed by atoms with Crippen molar-refractivity contribution < 1.29 is 9.53 Å². The van der Waals surface area contributed by atoms with Gasteiger partial charge in [-0.3, -0.25) is 4.79 Å². The van der Waals surface area contributed by atoms with Crippen LogP contribution in [0.2, 0.25) is 0 Å². The zero-order valence-electron chi connectivity index (χ0n) is 14.6. The first-order valence-corrected chi connectivity index (χ1v) is 8.60. The number of nitrogens with zero attached hydrogens (tertiary/aromatic N) is 3. The van der Waals surface area contributed by atoms with Crippen LogP contribution >= 0.6 is 0 Å². The maximum Gasteiger partial charge on any atom is 0.250 e. The van der Waals surface area contributed by atoms with Gasteiger partial charge in [0.1, 0.15) is 12.4 Å². The Morgan fingerprint density at radius 2 is 1.96 bits per heavy atom. The number of benzene rings is 2. The molecule has 0 spiro atoms. The quantitative estimate of drug-likeness (QED) is 0.573. The molecule has 0 bridgehead atoms. The van der Waals surface area contributed by atoms with Gasteiger partial charge in [0.15, 0.2) is 0 Å². The van der Waals surface area contributed by atoms with E-state index >= 15 is 0 Å². The molecule has 4 rings (SSSR count). The maximum absolute atomic E-state index is 11.9. The van der Waals surface area contributed by atoms with E-state index in [1.165, 1.54) is 0 Å². The lowest BCUT2D eigenvalue weighted by atomic mass is 10.1. The van der Waals surface area contributed by atoms with Crippen molar-refractivity contribution in [2.24, 2.45) is 5.73 Å². The number of pyridine rings is 1. The number of hydrogen-bond donors (Lipinski definition) is 1. The summed E-state index contributed by atoms with van der Waals surface area (Å²) in [7, 11) is 0. The molecule has 0 atom stereocenters. The normalized spacial score (nSPS) is 10.8. The van der Waals surface area contributed by atoms with Gasteiger partial charge in [0.2, 0.25) is 0 Å². The summed E-state index contributed by atoms with van der Waals surface area (Å²) in [5.74, 6) is 0.157. The van der Waals surface area contributed by atoms with Gasteiger partial charge in [-0.2, -0.15) is 0 Å². The number of aromatic nitrogens is 3. The molecule has 2 aromatic carbocycles. The molecule has 0 saturated carbocycles. The Morgan fingerprint density at radius 3 is 2.70 bits per heavy atom. The van der Waals surface area contributed by atoms with E-state index < -0.39 is 5.91 Å². The van der Waals surface area contributed by atoms with Crippen molar-refractivity contribution in [2.45, 2.75) is 6.54 Å². The van der Waals surface area contributed by atoms with E-state index in [4.69, 9.17) is 10.5 Å². The highest BCUT2D eigenvalue weighted by molar-refractivity contribution is 6.06. The van der Waals surface area contributed by atoms with Crippen LogP contribution in [0, 0.1) is 0 Å². The minimum Gasteiger partial charge on any atom is -0.491 e.